The highest BCUT2D eigenvalue weighted by molar-refractivity contribution is 5.86. The van der Waals surface area contributed by atoms with Crippen LogP contribution in [-0.4, -0.2) is 38.8 Å². The number of hydrogen-bond donors (Lipinski definition) is 2. The highest BCUT2D eigenvalue weighted by Crippen LogP contribution is 2.35. The summed E-state index contributed by atoms with van der Waals surface area (Å²) in [5.74, 6) is 1.41. The summed E-state index contributed by atoms with van der Waals surface area (Å²) < 4.78 is 10.9. The Kier molecular flexibility index (Phi) is 7.97. The Morgan fingerprint density at radius 1 is 0.969 bits per heavy atom. The van der Waals surface area contributed by atoms with Gasteiger partial charge in [0.05, 0.1) is 14.2 Å². The highest BCUT2D eigenvalue weighted by Gasteiger charge is 2.28. The van der Waals surface area contributed by atoms with E-state index in [2.05, 4.69) is 10.2 Å². The van der Waals surface area contributed by atoms with Crippen LogP contribution in [0.5, 0.6) is 17.2 Å². The van der Waals surface area contributed by atoms with Crippen molar-refractivity contribution in [2.24, 2.45) is 0 Å². The fourth-order valence-electron chi connectivity index (χ4n) is 3.82. The molecule has 1 amide bonds. The minimum Gasteiger partial charge on any atom is -0.508 e. The maximum absolute atomic E-state index is 13.0. The van der Waals surface area contributed by atoms with Crippen molar-refractivity contribution in [1.29, 1.82) is 0 Å². The van der Waals surface area contributed by atoms with Crippen LogP contribution in [-0.2, 0) is 11.2 Å². The molecule has 6 nitrogen and oxygen atoms in total. The van der Waals surface area contributed by atoms with E-state index in [1.807, 2.05) is 66.7 Å². The van der Waals surface area contributed by atoms with Crippen molar-refractivity contribution in [1.82, 2.24) is 5.32 Å². The van der Waals surface area contributed by atoms with Crippen LogP contribution in [0, 0.1) is 0 Å². The Morgan fingerprint density at radius 3 is 2.31 bits per heavy atom. The number of nitrogens with zero attached hydrogens (tertiary/aromatic N) is 1. The van der Waals surface area contributed by atoms with Gasteiger partial charge < -0.3 is 24.8 Å². The molecule has 0 saturated carbocycles. The number of methoxy groups -OCH3 is 2. The summed E-state index contributed by atoms with van der Waals surface area (Å²) in [4.78, 5) is 15.1. The second-order valence-corrected chi connectivity index (χ2v) is 7.39. The number of phenolic OH excluding ortho intramolecular Hbond substituents is 1. The Morgan fingerprint density at radius 2 is 1.66 bits per heavy atom. The average molecular weight is 435 g/mol. The number of rotatable bonds is 10. The second kappa shape index (κ2) is 11.1. The number of carbonyl (C=O) groups is 1. The van der Waals surface area contributed by atoms with Crippen molar-refractivity contribution in [2.75, 3.05) is 32.7 Å². The molecular formula is C26H30N2O4. The van der Waals surface area contributed by atoms with Crippen LogP contribution < -0.4 is 19.7 Å². The number of nitrogens with one attached hydrogen (secondary N) is 1. The van der Waals surface area contributed by atoms with Gasteiger partial charge in [0.15, 0.2) is 11.5 Å². The molecule has 0 fully saturated rings. The van der Waals surface area contributed by atoms with Gasteiger partial charge in [-0.25, -0.2) is 0 Å². The molecule has 2 N–H and O–H groups in total. The summed E-state index contributed by atoms with van der Waals surface area (Å²) in [7, 11) is 4.84. The Labute approximate surface area is 189 Å². The monoisotopic (exact) mass is 434 g/mol. The molecule has 3 aromatic carbocycles. The number of amides is 1. The lowest BCUT2D eigenvalue weighted by molar-refractivity contribution is -0.122. The second-order valence-electron chi connectivity index (χ2n) is 7.39. The minimum absolute atomic E-state index is 0.103. The van der Waals surface area contributed by atoms with E-state index in [-0.39, 0.29) is 11.7 Å². The van der Waals surface area contributed by atoms with E-state index in [1.54, 1.807) is 27.3 Å². The Bertz CT molecular complexity index is 1020. The van der Waals surface area contributed by atoms with E-state index in [9.17, 15) is 9.90 Å². The quantitative estimate of drug-likeness (QED) is 0.497. The van der Waals surface area contributed by atoms with Gasteiger partial charge in [-0.3, -0.25) is 4.79 Å². The molecule has 0 aliphatic carbocycles. The predicted molar refractivity (Wildman–Crippen MR) is 127 cm³/mol. The summed E-state index contributed by atoms with van der Waals surface area (Å²) >= 11 is 0. The summed E-state index contributed by atoms with van der Waals surface area (Å²) in [6.07, 6.45) is 1.43. The van der Waals surface area contributed by atoms with Crippen LogP contribution in [0.4, 0.5) is 5.69 Å². The molecule has 0 aromatic heterocycles. The minimum atomic E-state index is -0.524. The van der Waals surface area contributed by atoms with Crippen LogP contribution in [0.2, 0.25) is 0 Å². The SMILES string of the molecule is CNC(=O)C(c1ccccc1)N(CCCc1ccccc1O)c1ccc(OC)c(OC)c1. The molecule has 3 rings (SSSR count). The maximum atomic E-state index is 13.0. The number of likely N-dealkylation sites (N-methyl/N-ethyl adjacent to an activating group) is 1. The molecule has 168 valence electrons. The first kappa shape index (κ1) is 23.0. The molecule has 0 bridgehead atoms. The normalized spacial score (nSPS) is 11.5. The summed E-state index contributed by atoms with van der Waals surface area (Å²) in [5.41, 5.74) is 2.62. The molecule has 1 atom stereocenters. The number of anilines is 1. The van der Waals surface area contributed by atoms with Gasteiger partial charge in [-0.2, -0.15) is 0 Å². The molecule has 32 heavy (non-hydrogen) atoms. The van der Waals surface area contributed by atoms with Crippen molar-refractivity contribution in [2.45, 2.75) is 18.9 Å². The number of aryl methyl sites for hydroxylation is 1. The molecule has 0 saturated heterocycles. The zero-order chi connectivity index (χ0) is 22.9. The lowest BCUT2D eigenvalue weighted by atomic mass is 10.0. The Balaban J connectivity index is 1.97. The largest absolute Gasteiger partial charge is 0.508 e. The molecule has 0 aliphatic heterocycles. The molecule has 6 heteroatoms. The van der Waals surface area contributed by atoms with Crippen molar-refractivity contribution >= 4 is 11.6 Å². The lowest BCUT2D eigenvalue weighted by Crippen LogP contribution is -2.40. The Hall–Kier alpha value is -3.67. The van der Waals surface area contributed by atoms with E-state index in [0.29, 0.717) is 24.5 Å². The van der Waals surface area contributed by atoms with Gasteiger partial charge in [0.25, 0.3) is 0 Å². The van der Waals surface area contributed by atoms with Crippen molar-refractivity contribution in [3.63, 3.8) is 0 Å². The van der Waals surface area contributed by atoms with Crippen LogP contribution in [0.25, 0.3) is 0 Å². The number of phenols is 1. The van der Waals surface area contributed by atoms with E-state index in [4.69, 9.17) is 9.47 Å². The van der Waals surface area contributed by atoms with Crippen LogP contribution in [0.3, 0.4) is 0 Å². The zero-order valence-corrected chi connectivity index (χ0v) is 18.7. The molecule has 0 spiro atoms. The number of carbonyl (C=O) groups excluding carboxylic acids is 1. The van der Waals surface area contributed by atoms with Gasteiger partial charge in [0.2, 0.25) is 5.91 Å². The van der Waals surface area contributed by atoms with E-state index >= 15 is 0 Å². The van der Waals surface area contributed by atoms with E-state index in [0.717, 1.165) is 23.2 Å². The molecule has 0 heterocycles. The third kappa shape index (κ3) is 5.32. The predicted octanol–water partition coefficient (Wildman–Crippen LogP) is 4.34. The zero-order valence-electron chi connectivity index (χ0n) is 18.7. The summed E-state index contributed by atoms with van der Waals surface area (Å²) in [6, 6.07) is 22.2. The number of para-hydroxylation sites is 1. The van der Waals surface area contributed by atoms with Crippen LogP contribution in [0.15, 0.2) is 72.8 Å². The van der Waals surface area contributed by atoms with Gasteiger partial charge in [-0.1, -0.05) is 48.5 Å². The van der Waals surface area contributed by atoms with Gasteiger partial charge in [-0.05, 0) is 42.2 Å². The lowest BCUT2D eigenvalue weighted by Gasteiger charge is -2.33. The maximum Gasteiger partial charge on any atom is 0.247 e. The molecule has 3 aromatic rings. The summed E-state index contributed by atoms with van der Waals surface area (Å²) in [6.45, 7) is 0.594. The number of ether oxygens (including phenoxy) is 2. The van der Waals surface area contributed by atoms with Crippen LogP contribution >= 0.6 is 0 Å². The van der Waals surface area contributed by atoms with Gasteiger partial charge in [-0.15, -0.1) is 0 Å². The highest BCUT2D eigenvalue weighted by atomic mass is 16.5. The molecular weight excluding hydrogens is 404 g/mol. The topological polar surface area (TPSA) is 71.0 Å². The van der Waals surface area contributed by atoms with Gasteiger partial charge in [0, 0.05) is 25.3 Å². The third-order valence-electron chi connectivity index (χ3n) is 5.46. The molecule has 0 aliphatic rings. The number of benzene rings is 3. The van der Waals surface area contributed by atoms with Crippen LogP contribution in [0.1, 0.15) is 23.6 Å². The van der Waals surface area contributed by atoms with Crippen molar-refractivity contribution in [3.8, 4) is 17.2 Å². The fraction of sp³-hybridized carbons (Fsp3) is 0.269. The van der Waals surface area contributed by atoms with E-state index in [1.165, 1.54) is 0 Å². The molecule has 0 radical (unpaired) electrons. The van der Waals surface area contributed by atoms with Crippen molar-refractivity contribution in [3.05, 3.63) is 83.9 Å². The number of aromatic hydroxyl groups is 1. The van der Waals surface area contributed by atoms with Gasteiger partial charge in [0.1, 0.15) is 11.8 Å². The smallest absolute Gasteiger partial charge is 0.247 e. The summed E-state index contributed by atoms with van der Waals surface area (Å²) in [5, 5.41) is 12.9. The van der Waals surface area contributed by atoms with Gasteiger partial charge >= 0.3 is 0 Å². The first-order chi connectivity index (χ1) is 15.6. The van der Waals surface area contributed by atoms with Crippen molar-refractivity contribution < 1.29 is 19.4 Å². The van der Waals surface area contributed by atoms with E-state index < -0.39 is 6.04 Å². The third-order valence-corrected chi connectivity index (χ3v) is 5.46. The standard InChI is InChI=1S/C26H30N2O4/c1-27-26(30)25(20-11-5-4-6-12-20)28(17-9-13-19-10-7-8-14-22(19)29)21-15-16-23(31-2)24(18-21)32-3/h4-8,10-12,14-16,18,25,29H,9,13,17H2,1-3H3,(H,27,30). The average Bonchev–Trinajstić information content (AvgIpc) is 2.84. The molecule has 1 unspecified atom stereocenters. The first-order valence-electron chi connectivity index (χ1n) is 10.6. The fourth-order valence-corrected chi connectivity index (χ4v) is 3.82. The number of hydrogen-bond acceptors (Lipinski definition) is 5. The first-order valence-corrected chi connectivity index (χ1v) is 10.6.